The molecule has 1 aromatic carbocycles. The van der Waals surface area contributed by atoms with E-state index in [0.29, 0.717) is 11.5 Å². The molecular formula is C12H17N3O3S. The van der Waals surface area contributed by atoms with Crippen LogP contribution in [0.3, 0.4) is 0 Å². The second-order valence-electron chi connectivity index (χ2n) is 4.56. The SMILES string of the molecule is CC(CNS(=O)(=O)N(C)C)c1nc2ccccc2o1. The Hall–Kier alpha value is -1.44. The van der Waals surface area contributed by atoms with Crippen molar-refractivity contribution < 1.29 is 12.8 Å². The lowest BCUT2D eigenvalue weighted by atomic mass is 10.2. The quantitative estimate of drug-likeness (QED) is 0.898. The third kappa shape index (κ3) is 3.12. The molecule has 0 saturated heterocycles. The van der Waals surface area contributed by atoms with Crippen LogP contribution in [0.4, 0.5) is 0 Å². The van der Waals surface area contributed by atoms with Gasteiger partial charge in [0.2, 0.25) is 0 Å². The van der Waals surface area contributed by atoms with Crippen LogP contribution in [-0.2, 0) is 10.2 Å². The maximum Gasteiger partial charge on any atom is 0.278 e. The van der Waals surface area contributed by atoms with Crippen LogP contribution < -0.4 is 4.72 Å². The van der Waals surface area contributed by atoms with E-state index >= 15 is 0 Å². The molecule has 1 heterocycles. The Balaban J connectivity index is 2.10. The fraction of sp³-hybridized carbons (Fsp3) is 0.417. The van der Waals surface area contributed by atoms with Gasteiger partial charge in [-0.25, -0.2) is 9.71 Å². The lowest BCUT2D eigenvalue weighted by Gasteiger charge is -2.14. The molecule has 0 spiro atoms. The van der Waals surface area contributed by atoms with E-state index in [4.69, 9.17) is 4.42 Å². The average molecular weight is 283 g/mol. The van der Waals surface area contributed by atoms with Gasteiger partial charge in [-0.3, -0.25) is 0 Å². The molecule has 0 aliphatic rings. The van der Waals surface area contributed by atoms with Crippen LogP contribution in [0.15, 0.2) is 28.7 Å². The lowest BCUT2D eigenvalue weighted by molar-refractivity contribution is 0.468. The third-order valence-corrected chi connectivity index (χ3v) is 4.28. The highest BCUT2D eigenvalue weighted by Crippen LogP contribution is 2.20. The zero-order valence-electron chi connectivity index (χ0n) is 11.1. The van der Waals surface area contributed by atoms with Crippen LogP contribution >= 0.6 is 0 Å². The smallest absolute Gasteiger partial charge is 0.278 e. The molecule has 104 valence electrons. The topological polar surface area (TPSA) is 75.4 Å². The molecule has 1 N–H and O–H groups in total. The first-order valence-corrected chi connectivity index (χ1v) is 7.37. The van der Waals surface area contributed by atoms with Gasteiger partial charge in [-0.05, 0) is 12.1 Å². The average Bonchev–Trinajstić information content (AvgIpc) is 2.79. The summed E-state index contributed by atoms with van der Waals surface area (Å²) in [5.74, 6) is 0.393. The van der Waals surface area contributed by atoms with Gasteiger partial charge in [0.25, 0.3) is 10.2 Å². The van der Waals surface area contributed by atoms with E-state index in [1.165, 1.54) is 14.1 Å². The molecule has 0 aliphatic carbocycles. The number of nitrogens with one attached hydrogen (secondary N) is 1. The molecule has 0 saturated carbocycles. The molecule has 0 aliphatic heterocycles. The van der Waals surface area contributed by atoms with Crippen LogP contribution in [-0.4, -0.2) is 38.3 Å². The monoisotopic (exact) mass is 283 g/mol. The van der Waals surface area contributed by atoms with E-state index in [-0.39, 0.29) is 12.5 Å². The van der Waals surface area contributed by atoms with Gasteiger partial charge in [0.05, 0.1) is 0 Å². The van der Waals surface area contributed by atoms with E-state index in [9.17, 15) is 8.42 Å². The van der Waals surface area contributed by atoms with Gasteiger partial charge in [0.1, 0.15) is 5.52 Å². The van der Waals surface area contributed by atoms with Crippen LogP contribution in [0.2, 0.25) is 0 Å². The number of benzene rings is 1. The highest BCUT2D eigenvalue weighted by molar-refractivity contribution is 7.87. The fourth-order valence-electron chi connectivity index (χ4n) is 1.55. The minimum atomic E-state index is -3.42. The van der Waals surface area contributed by atoms with E-state index in [0.717, 1.165) is 9.82 Å². The highest BCUT2D eigenvalue weighted by Gasteiger charge is 2.18. The number of oxazole rings is 1. The summed E-state index contributed by atoms with van der Waals surface area (Å²) in [7, 11) is -0.460. The van der Waals surface area contributed by atoms with E-state index in [1.54, 1.807) is 0 Å². The summed E-state index contributed by atoms with van der Waals surface area (Å²) in [5.41, 5.74) is 1.49. The van der Waals surface area contributed by atoms with Crippen LogP contribution in [0.5, 0.6) is 0 Å². The van der Waals surface area contributed by atoms with Crippen LogP contribution in [0, 0.1) is 0 Å². The van der Waals surface area contributed by atoms with Gasteiger partial charge in [0.15, 0.2) is 11.5 Å². The molecule has 1 aromatic heterocycles. The maximum atomic E-state index is 11.6. The summed E-state index contributed by atoms with van der Waals surface area (Å²) >= 11 is 0. The summed E-state index contributed by atoms with van der Waals surface area (Å²) < 4.78 is 32.4. The predicted octanol–water partition coefficient (Wildman–Crippen LogP) is 1.33. The number of aromatic nitrogens is 1. The Bertz CT molecular complexity index is 631. The normalized spacial score (nSPS) is 14.1. The van der Waals surface area contributed by atoms with Gasteiger partial charge in [-0.2, -0.15) is 12.7 Å². The van der Waals surface area contributed by atoms with Crippen molar-refractivity contribution in [3.8, 4) is 0 Å². The maximum absolute atomic E-state index is 11.6. The number of rotatable bonds is 5. The zero-order valence-corrected chi connectivity index (χ0v) is 11.9. The van der Waals surface area contributed by atoms with Gasteiger partial charge in [-0.15, -0.1) is 0 Å². The van der Waals surface area contributed by atoms with Gasteiger partial charge >= 0.3 is 0 Å². The summed E-state index contributed by atoms with van der Waals surface area (Å²) in [6, 6.07) is 7.45. The summed E-state index contributed by atoms with van der Waals surface area (Å²) in [4.78, 5) is 4.34. The Morgan fingerprint density at radius 1 is 1.37 bits per heavy atom. The second kappa shape index (κ2) is 5.28. The minimum Gasteiger partial charge on any atom is -0.440 e. The molecule has 0 bridgehead atoms. The van der Waals surface area contributed by atoms with E-state index in [1.807, 2.05) is 31.2 Å². The van der Waals surface area contributed by atoms with Crippen LogP contribution in [0.1, 0.15) is 18.7 Å². The molecule has 0 radical (unpaired) electrons. The standard InChI is InChI=1S/C12H17N3O3S/c1-9(8-13-19(16,17)15(2)3)12-14-10-6-4-5-7-11(10)18-12/h4-7,9,13H,8H2,1-3H3. The number of hydrogen-bond acceptors (Lipinski definition) is 4. The molecule has 1 unspecified atom stereocenters. The first-order chi connectivity index (χ1) is 8.90. The molecular weight excluding hydrogens is 266 g/mol. The first-order valence-electron chi connectivity index (χ1n) is 5.93. The van der Waals surface area contributed by atoms with E-state index < -0.39 is 10.2 Å². The number of para-hydroxylation sites is 2. The van der Waals surface area contributed by atoms with Crippen molar-refractivity contribution >= 4 is 21.3 Å². The fourth-order valence-corrected chi connectivity index (χ4v) is 2.27. The predicted molar refractivity (Wildman–Crippen MR) is 73.0 cm³/mol. The summed E-state index contributed by atoms with van der Waals surface area (Å²) in [5, 5.41) is 0. The molecule has 2 aromatic rings. The molecule has 0 amide bonds. The number of hydrogen-bond donors (Lipinski definition) is 1. The molecule has 2 rings (SSSR count). The zero-order chi connectivity index (χ0) is 14.0. The molecule has 7 heteroatoms. The summed E-state index contributed by atoms with van der Waals surface area (Å²) in [6.45, 7) is 2.11. The van der Waals surface area contributed by atoms with Crippen molar-refractivity contribution in [2.45, 2.75) is 12.8 Å². The molecule has 19 heavy (non-hydrogen) atoms. The molecule has 0 fully saturated rings. The lowest BCUT2D eigenvalue weighted by Crippen LogP contribution is -2.37. The second-order valence-corrected chi connectivity index (χ2v) is 6.53. The Kier molecular flexibility index (Phi) is 3.88. The van der Waals surface area contributed by atoms with Crippen molar-refractivity contribution in [2.24, 2.45) is 0 Å². The Labute approximate surface area is 112 Å². The van der Waals surface area contributed by atoms with Gasteiger partial charge in [0, 0.05) is 26.6 Å². The van der Waals surface area contributed by atoms with Crippen molar-refractivity contribution in [3.63, 3.8) is 0 Å². The largest absolute Gasteiger partial charge is 0.440 e. The number of fused-ring (bicyclic) bond motifs is 1. The minimum absolute atomic E-state index is 0.137. The van der Waals surface area contributed by atoms with Crippen molar-refractivity contribution in [1.29, 1.82) is 0 Å². The van der Waals surface area contributed by atoms with Crippen LogP contribution in [0.25, 0.3) is 11.1 Å². The highest BCUT2D eigenvalue weighted by atomic mass is 32.2. The van der Waals surface area contributed by atoms with Gasteiger partial charge in [-0.1, -0.05) is 19.1 Å². The van der Waals surface area contributed by atoms with Crippen molar-refractivity contribution in [2.75, 3.05) is 20.6 Å². The van der Waals surface area contributed by atoms with Gasteiger partial charge < -0.3 is 4.42 Å². The molecule has 1 atom stereocenters. The van der Waals surface area contributed by atoms with E-state index in [2.05, 4.69) is 9.71 Å². The molecule has 6 nitrogen and oxygen atoms in total. The summed E-state index contributed by atoms with van der Waals surface area (Å²) in [6.07, 6.45) is 0. The Morgan fingerprint density at radius 3 is 2.68 bits per heavy atom. The first kappa shape index (κ1) is 14.0. The Morgan fingerprint density at radius 2 is 2.05 bits per heavy atom. The van der Waals surface area contributed by atoms with Crippen molar-refractivity contribution in [3.05, 3.63) is 30.2 Å². The third-order valence-electron chi connectivity index (χ3n) is 2.78. The number of nitrogens with zero attached hydrogens (tertiary/aromatic N) is 2. The van der Waals surface area contributed by atoms with Crippen molar-refractivity contribution in [1.82, 2.24) is 14.0 Å².